The van der Waals surface area contributed by atoms with Crippen LogP contribution in [0.2, 0.25) is 5.02 Å². The average Bonchev–Trinajstić information content (AvgIpc) is 2.51. The van der Waals surface area contributed by atoms with E-state index in [4.69, 9.17) is 21.1 Å². The van der Waals surface area contributed by atoms with E-state index in [-0.39, 0.29) is 24.8 Å². The third kappa shape index (κ3) is 6.94. The first-order chi connectivity index (χ1) is 10.2. The van der Waals surface area contributed by atoms with Gasteiger partial charge in [0.25, 0.3) is 0 Å². The number of halogens is 3. The summed E-state index contributed by atoms with van der Waals surface area (Å²) in [5.41, 5.74) is 1.12. The maximum Gasteiger partial charge on any atom is 0.179 e. The van der Waals surface area contributed by atoms with Crippen LogP contribution >= 0.6 is 11.6 Å². The summed E-state index contributed by atoms with van der Waals surface area (Å²) in [7, 11) is 1.64. The van der Waals surface area contributed by atoms with Gasteiger partial charge in [0.05, 0.1) is 18.7 Å². The van der Waals surface area contributed by atoms with Crippen molar-refractivity contribution in [3.8, 4) is 11.5 Å². The van der Waals surface area contributed by atoms with Crippen molar-refractivity contribution < 1.29 is 34.3 Å². The molecule has 2 N–H and O–H groups in total. The van der Waals surface area contributed by atoms with Gasteiger partial charge < -0.3 is 44.9 Å². The van der Waals surface area contributed by atoms with Gasteiger partial charge in [-0.1, -0.05) is 11.6 Å². The molecular formula is C16H25Cl3N2O2-2. The average molecular weight is 384 g/mol. The molecule has 1 aromatic carbocycles. The van der Waals surface area contributed by atoms with Gasteiger partial charge in [0, 0.05) is 6.54 Å². The number of rotatable bonds is 7. The summed E-state index contributed by atoms with van der Waals surface area (Å²) in [6.45, 7) is 6.62. The SMILES string of the molecule is CCOc1c(Cl)cc(CNCC2CCNCC2)cc1OC.[Cl-].[Cl-]. The van der Waals surface area contributed by atoms with Crippen LogP contribution in [0.4, 0.5) is 0 Å². The molecule has 0 bridgehead atoms. The number of benzene rings is 1. The lowest BCUT2D eigenvalue weighted by Gasteiger charge is -2.23. The summed E-state index contributed by atoms with van der Waals surface area (Å²) in [5, 5.41) is 7.51. The third-order valence-corrected chi connectivity index (χ3v) is 4.08. The Labute approximate surface area is 156 Å². The smallest absolute Gasteiger partial charge is 0.179 e. The Balaban J connectivity index is 0.00000242. The zero-order valence-electron chi connectivity index (χ0n) is 13.6. The van der Waals surface area contributed by atoms with Crippen LogP contribution in [0.25, 0.3) is 0 Å². The molecule has 0 atom stereocenters. The molecule has 0 unspecified atom stereocenters. The molecule has 1 heterocycles. The fraction of sp³-hybridized carbons (Fsp3) is 0.625. The normalized spacial score (nSPS) is 14.6. The molecule has 1 aromatic rings. The highest BCUT2D eigenvalue weighted by molar-refractivity contribution is 6.32. The lowest BCUT2D eigenvalue weighted by molar-refractivity contribution is -0.001000. The predicted octanol–water partition coefficient (Wildman–Crippen LogP) is -3.16. The molecular weight excluding hydrogens is 359 g/mol. The van der Waals surface area contributed by atoms with Crippen LogP contribution in [0.3, 0.4) is 0 Å². The summed E-state index contributed by atoms with van der Waals surface area (Å²) in [6.07, 6.45) is 2.50. The molecule has 1 aliphatic rings. The van der Waals surface area contributed by atoms with Crippen LogP contribution in [0.5, 0.6) is 11.5 Å². The number of piperidine rings is 1. The van der Waals surface area contributed by atoms with Crippen molar-refractivity contribution in [3.63, 3.8) is 0 Å². The predicted molar refractivity (Wildman–Crippen MR) is 86.5 cm³/mol. The summed E-state index contributed by atoms with van der Waals surface area (Å²) >= 11 is 6.28. The van der Waals surface area contributed by atoms with Gasteiger partial charge in [0.1, 0.15) is 0 Å². The summed E-state index contributed by atoms with van der Waals surface area (Å²) in [5.74, 6) is 2.10. The van der Waals surface area contributed by atoms with Gasteiger partial charge in [-0.05, 0) is 63.0 Å². The molecule has 4 nitrogen and oxygen atoms in total. The largest absolute Gasteiger partial charge is 1.00 e. The fourth-order valence-corrected chi connectivity index (χ4v) is 2.95. The Kier molecular flexibility index (Phi) is 11.8. The van der Waals surface area contributed by atoms with Gasteiger partial charge in [-0.25, -0.2) is 0 Å². The first-order valence-corrected chi connectivity index (χ1v) is 8.03. The quantitative estimate of drug-likeness (QED) is 0.522. The van der Waals surface area contributed by atoms with E-state index in [1.54, 1.807) is 7.11 Å². The molecule has 7 heteroatoms. The molecule has 2 rings (SSSR count). The zero-order valence-corrected chi connectivity index (χ0v) is 15.9. The van der Waals surface area contributed by atoms with Crippen molar-refractivity contribution in [1.82, 2.24) is 10.6 Å². The highest BCUT2D eigenvalue weighted by Gasteiger charge is 2.14. The number of methoxy groups -OCH3 is 1. The van der Waals surface area contributed by atoms with E-state index in [9.17, 15) is 0 Å². The summed E-state index contributed by atoms with van der Waals surface area (Å²) < 4.78 is 10.9. The van der Waals surface area contributed by atoms with Crippen molar-refractivity contribution in [2.45, 2.75) is 26.3 Å². The van der Waals surface area contributed by atoms with E-state index >= 15 is 0 Å². The standard InChI is InChI=1S/C16H25ClN2O2.2ClH/c1-3-21-16-14(17)8-13(9-15(16)20-2)11-19-10-12-4-6-18-7-5-12;;/h8-9,12,18-19H,3-7,10-11H2,1-2H3;2*1H/p-2. The lowest BCUT2D eigenvalue weighted by atomic mass is 9.98. The van der Waals surface area contributed by atoms with Gasteiger partial charge in [0.2, 0.25) is 0 Å². The second-order valence-electron chi connectivity index (χ2n) is 5.37. The minimum absolute atomic E-state index is 0. The molecule has 0 saturated carbocycles. The second kappa shape index (κ2) is 12.0. The first-order valence-electron chi connectivity index (χ1n) is 7.65. The molecule has 0 amide bonds. The van der Waals surface area contributed by atoms with E-state index in [1.165, 1.54) is 12.8 Å². The topological polar surface area (TPSA) is 42.5 Å². The van der Waals surface area contributed by atoms with Gasteiger partial charge >= 0.3 is 0 Å². The number of hydrogen-bond donors (Lipinski definition) is 2. The molecule has 1 fully saturated rings. The molecule has 0 radical (unpaired) electrons. The Morgan fingerprint density at radius 2 is 1.96 bits per heavy atom. The summed E-state index contributed by atoms with van der Waals surface area (Å²) in [4.78, 5) is 0. The van der Waals surface area contributed by atoms with Gasteiger partial charge in [-0.2, -0.15) is 0 Å². The Morgan fingerprint density at radius 1 is 1.26 bits per heavy atom. The van der Waals surface area contributed by atoms with E-state index in [1.807, 2.05) is 19.1 Å². The van der Waals surface area contributed by atoms with Gasteiger partial charge in [-0.3, -0.25) is 0 Å². The van der Waals surface area contributed by atoms with Crippen LogP contribution in [-0.2, 0) is 6.54 Å². The monoisotopic (exact) mass is 382 g/mol. The second-order valence-corrected chi connectivity index (χ2v) is 5.77. The van der Waals surface area contributed by atoms with Crippen LogP contribution in [-0.4, -0.2) is 33.4 Å². The van der Waals surface area contributed by atoms with Crippen molar-refractivity contribution in [2.24, 2.45) is 5.92 Å². The van der Waals surface area contributed by atoms with E-state index in [0.29, 0.717) is 23.1 Å². The van der Waals surface area contributed by atoms with E-state index in [2.05, 4.69) is 10.6 Å². The first kappa shape index (κ1) is 22.6. The number of ether oxygens (including phenoxy) is 2. The van der Waals surface area contributed by atoms with Gasteiger partial charge in [-0.15, -0.1) is 0 Å². The minimum Gasteiger partial charge on any atom is -1.00 e. The van der Waals surface area contributed by atoms with Crippen LogP contribution in [0.15, 0.2) is 12.1 Å². The molecule has 0 spiro atoms. The highest BCUT2D eigenvalue weighted by Crippen LogP contribution is 2.36. The van der Waals surface area contributed by atoms with Crippen molar-refractivity contribution in [1.29, 1.82) is 0 Å². The van der Waals surface area contributed by atoms with E-state index < -0.39 is 0 Å². The molecule has 1 saturated heterocycles. The Hall–Kier alpha value is -0.390. The fourth-order valence-electron chi connectivity index (χ4n) is 2.67. The van der Waals surface area contributed by atoms with Crippen molar-refractivity contribution >= 4 is 11.6 Å². The van der Waals surface area contributed by atoms with Crippen molar-refractivity contribution in [3.05, 3.63) is 22.7 Å². The van der Waals surface area contributed by atoms with E-state index in [0.717, 1.165) is 37.7 Å². The molecule has 0 aromatic heterocycles. The molecule has 1 aliphatic heterocycles. The minimum atomic E-state index is 0. The highest BCUT2D eigenvalue weighted by atomic mass is 35.5. The van der Waals surface area contributed by atoms with Crippen LogP contribution in [0, 0.1) is 5.92 Å². The van der Waals surface area contributed by atoms with Crippen LogP contribution < -0.4 is 44.9 Å². The lowest BCUT2D eigenvalue weighted by Crippen LogP contribution is -3.00. The molecule has 134 valence electrons. The Bertz CT molecular complexity index is 455. The van der Waals surface area contributed by atoms with Gasteiger partial charge in [0.15, 0.2) is 11.5 Å². The maximum absolute atomic E-state index is 6.28. The third-order valence-electron chi connectivity index (χ3n) is 3.80. The zero-order chi connectivity index (χ0) is 15.1. The maximum atomic E-state index is 6.28. The van der Waals surface area contributed by atoms with Crippen LogP contribution in [0.1, 0.15) is 25.3 Å². The Morgan fingerprint density at radius 3 is 2.57 bits per heavy atom. The number of hydrogen-bond acceptors (Lipinski definition) is 4. The number of nitrogens with one attached hydrogen (secondary N) is 2. The molecule has 23 heavy (non-hydrogen) atoms. The molecule has 0 aliphatic carbocycles. The summed E-state index contributed by atoms with van der Waals surface area (Å²) in [6, 6.07) is 3.94. The van der Waals surface area contributed by atoms with Crippen molar-refractivity contribution in [2.75, 3.05) is 33.4 Å².